The van der Waals surface area contributed by atoms with Crippen molar-refractivity contribution in [3.05, 3.63) is 47.9 Å². The van der Waals surface area contributed by atoms with E-state index in [-0.39, 0.29) is 5.82 Å². The summed E-state index contributed by atoms with van der Waals surface area (Å²) in [4.78, 5) is 3.78. The van der Waals surface area contributed by atoms with E-state index in [0.29, 0.717) is 11.4 Å². The molecule has 0 radical (unpaired) electrons. The molecule has 0 atom stereocenters. The van der Waals surface area contributed by atoms with E-state index >= 15 is 0 Å². The number of nitrogen functional groups attached to an aromatic ring is 1. The van der Waals surface area contributed by atoms with Crippen molar-refractivity contribution >= 4 is 5.82 Å². The lowest BCUT2D eigenvalue weighted by atomic mass is 10.1. The Balaban J connectivity index is 2.53. The van der Waals surface area contributed by atoms with Crippen LogP contribution in [-0.4, -0.2) is 4.98 Å². The molecule has 2 aromatic rings. The molecule has 0 fully saturated rings. The highest BCUT2D eigenvalue weighted by atomic mass is 19.1. The maximum absolute atomic E-state index is 13.0. The number of hydrogen-bond acceptors (Lipinski definition) is 2. The third-order valence-corrected chi connectivity index (χ3v) is 2.25. The van der Waals surface area contributed by atoms with Crippen LogP contribution >= 0.6 is 0 Å². The maximum atomic E-state index is 13.0. The molecule has 0 aliphatic rings. The van der Waals surface area contributed by atoms with Gasteiger partial charge in [0, 0.05) is 5.56 Å². The van der Waals surface area contributed by atoms with Crippen molar-refractivity contribution in [3.8, 4) is 11.1 Å². The van der Waals surface area contributed by atoms with E-state index in [1.807, 2.05) is 31.2 Å². The first-order valence-electron chi connectivity index (χ1n) is 4.65. The van der Waals surface area contributed by atoms with Gasteiger partial charge in [-0.3, -0.25) is 0 Å². The third kappa shape index (κ3) is 1.96. The summed E-state index contributed by atoms with van der Waals surface area (Å²) in [6.07, 6.45) is 1.12. The number of halogens is 1. The summed E-state index contributed by atoms with van der Waals surface area (Å²) in [5, 5.41) is 0. The second kappa shape index (κ2) is 3.69. The monoisotopic (exact) mass is 202 g/mol. The zero-order valence-corrected chi connectivity index (χ0v) is 8.37. The molecule has 2 N–H and O–H groups in total. The van der Waals surface area contributed by atoms with Crippen LogP contribution in [0.3, 0.4) is 0 Å². The van der Waals surface area contributed by atoms with Gasteiger partial charge in [0.05, 0.1) is 6.20 Å². The molecule has 0 saturated carbocycles. The van der Waals surface area contributed by atoms with Gasteiger partial charge in [0.1, 0.15) is 11.6 Å². The van der Waals surface area contributed by atoms with Crippen molar-refractivity contribution in [3.63, 3.8) is 0 Å². The molecule has 15 heavy (non-hydrogen) atoms. The number of hydrogen-bond donors (Lipinski definition) is 1. The summed E-state index contributed by atoms with van der Waals surface area (Å²) in [5.41, 5.74) is 8.35. The predicted molar refractivity (Wildman–Crippen MR) is 58.8 cm³/mol. The summed E-state index contributed by atoms with van der Waals surface area (Å²) in [5.74, 6) is -0.0278. The van der Waals surface area contributed by atoms with Crippen LogP contribution in [0.2, 0.25) is 0 Å². The average Bonchev–Trinajstić information content (AvgIpc) is 2.23. The van der Waals surface area contributed by atoms with Gasteiger partial charge in [-0.2, -0.15) is 0 Å². The quantitative estimate of drug-likeness (QED) is 0.772. The molecule has 3 heteroatoms. The minimum Gasteiger partial charge on any atom is -0.383 e. The van der Waals surface area contributed by atoms with Crippen LogP contribution in [0.5, 0.6) is 0 Å². The first kappa shape index (κ1) is 9.65. The summed E-state index contributed by atoms with van der Waals surface area (Å²) < 4.78 is 13.0. The fourth-order valence-corrected chi connectivity index (χ4v) is 1.41. The van der Waals surface area contributed by atoms with E-state index < -0.39 is 0 Å². The molecule has 0 unspecified atom stereocenters. The van der Waals surface area contributed by atoms with Gasteiger partial charge in [-0.05, 0) is 18.6 Å². The third-order valence-electron chi connectivity index (χ3n) is 2.25. The molecule has 1 aromatic carbocycles. The van der Waals surface area contributed by atoms with Crippen molar-refractivity contribution in [1.82, 2.24) is 4.98 Å². The highest BCUT2D eigenvalue weighted by Gasteiger charge is 2.04. The van der Waals surface area contributed by atoms with Crippen molar-refractivity contribution in [1.29, 1.82) is 0 Å². The first-order chi connectivity index (χ1) is 7.16. The van der Waals surface area contributed by atoms with Crippen LogP contribution in [0, 0.1) is 12.7 Å². The molecular formula is C12H11FN2. The fraction of sp³-hybridized carbons (Fsp3) is 0.0833. The molecule has 0 amide bonds. The minimum absolute atomic E-state index is 0.347. The van der Waals surface area contributed by atoms with Gasteiger partial charge >= 0.3 is 0 Å². The normalized spacial score (nSPS) is 10.3. The van der Waals surface area contributed by atoms with Gasteiger partial charge in [-0.25, -0.2) is 9.37 Å². The summed E-state index contributed by atoms with van der Waals surface area (Å²) in [6, 6.07) is 9.12. The van der Waals surface area contributed by atoms with Crippen LogP contribution in [-0.2, 0) is 0 Å². The van der Waals surface area contributed by atoms with Gasteiger partial charge in [0.2, 0.25) is 0 Å². The van der Waals surface area contributed by atoms with Gasteiger partial charge in [0.15, 0.2) is 0 Å². The highest BCUT2D eigenvalue weighted by Crippen LogP contribution is 2.24. The second-order valence-electron chi connectivity index (χ2n) is 3.45. The van der Waals surface area contributed by atoms with Crippen LogP contribution in [0.1, 0.15) is 5.56 Å². The lowest BCUT2D eigenvalue weighted by molar-refractivity contribution is 0.622. The predicted octanol–water partition coefficient (Wildman–Crippen LogP) is 2.78. The van der Waals surface area contributed by atoms with Crippen molar-refractivity contribution in [2.75, 3.05) is 5.73 Å². The molecule has 0 bridgehead atoms. The smallest absolute Gasteiger partial charge is 0.142 e. The summed E-state index contributed by atoms with van der Waals surface area (Å²) in [7, 11) is 0. The number of aryl methyl sites for hydroxylation is 1. The minimum atomic E-state index is -0.375. The molecule has 1 heterocycles. The van der Waals surface area contributed by atoms with Crippen molar-refractivity contribution in [2.24, 2.45) is 0 Å². The average molecular weight is 202 g/mol. The molecule has 0 saturated heterocycles. The molecule has 0 spiro atoms. The Morgan fingerprint density at radius 2 is 1.87 bits per heavy atom. The number of benzene rings is 1. The van der Waals surface area contributed by atoms with Gasteiger partial charge in [0.25, 0.3) is 0 Å². The zero-order chi connectivity index (χ0) is 10.8. The number of pyridine rings is 1. The SMILES string of the molecule is Cc1ccc(-c2cc(F)cnc2N)cc1. The Morgan fingerprint density at radius 1 is 1.20 bits per heavy atom. The van der Waals surface area contributed by atoms with Crippen molar-refractivity contribution < 1.29 is 4.39 Å². The molecule has 1 aromatic heterocycles. The van der Waals surface area contributed by atoms with E-state index in [2.05, 4.69) is 4.98 Å². The van der Waals surface area contributed by atoms with Crippen molar-refractivity contribution in [2.45, 2.75) is 6.92 Å². The van der Waals surface area contributed by atoms with Gasteiger partial charge in [-0.1, -0.05) is 29.8 Å². The largest absolute Gasteiger partial charge is 0.383 e. The van der Waals surface area contributed by atoms with Crippen LogP contribution in [0.15, 0.2) is 36.5 Å². The molecule has 2 rings (SSSR count). The maximum Gasteiger partial charge on any atom is 0.142 e. The van der Waals surface area contributed by atoms with Crippen LogP contribution in [0.4, 0.5) is 10.2 Å². The highest BCUT2D eigenvalue weighted by molar-refractivity contribution is 5.73. The standard InChI is InChI=1S/C12H11FN2/c1-8-2-4-9(5-3-8)11-6-10(13)7-15-12(11)14/h2-7H,1H3,(H2,14,15). The fourth-order valence-electron chi connectivity index (χ4n) is 1.41. The first-order valence-corrected chi connectivity index (χ1v) is 4.65. The number of nitrogens with two attached hydrogens (primary N) is 1. The molecule has 0 aliphatic heterocycles. The van der Waals surface area contributed by atoms with E-state index in [4.69, 9.17) is 5.73 Å². The van der Waals surface area contributed by atoms with E-state index in [1.165, 1.54) is 6.07 Å². The molecule has 0 aliphatic carbocycles. The van der Waals surface area contributed by atoms with E-state index in [1.54, 1.807) is 0 Å². The van der Waals surface area contributed by atoms with Crippen LogP contribution in [0.25, 0.3) is 11.1 Å². The van der Waals surface area contributed by atoms with Gasteiger partial charge < -0.3 is 5.73 Å². The Bertz CT molecular complexity index is 477. The number of rotatable bonds is 1. The lowest BCUT2D eigenvalue weighted by Gasteiger charge is -2.05. The Hall–Kier alpha value is -1.90. The zero-order valence-electron chi connectivity index (χ0n) is 8.37. The van der Waals surface area contributed by atoms with E-state index in [9.17, 15) is 4.39 Å². The Labute approximate surface area is 87.6 Å². The molecular weight excluding hydrogens is 191 g/mol. The van der Waals surface area contributed by atoms with E-state index in [0.717, 1.165) is 17.3 Å². The topological polar surface area (TPSA) is 38.9 Å². The lowest BCUT2D eigenvalue weighted by Crippen LogP contribution is -1.95. The van der Waals surface area contributed by atoms with Gasteiger partial charge in [-0.15, -0.1) is 0 Å². The number of anilines is 1. The Kier molecular flexibility index (Phi) is 2.37. The Morgan fingerprint density at radius 3 is 2.53 bits per heavy atom. The number of aromatic nitrogens is 1. The summed E-state index contributed by atoms with van der Waals surface area (Å²) >= 11 is 0. The van der Waals surface area contributed by atoms with Crippen LogP contribution < -0.4 is 5.73 Å². The summed E-state index contributed by atoms with van der Waals surface area (Å²) in [6.45, 7) is 2.00. The number of nitrogens with zero attached hydrogens (tertiary/aromatic N) is 1. The molecule has 2 nitrogen and oxygen atoms in total. The molecule has 76 valence electrons. The second-order valence-corrected chi connectivity index (χ2v) is 3.45.